The van der Waals surface area contributed by atoms with Crippen LogP contribution in [0.5, 0.6) is 0 Å². The Bertz CT molecular complexity index is 974. The van der Waals surface area contributed by atoms with Crippen molar-refractivity contribution in [2.45, 2.75) is 0 Å². The second kappa shape index (κ2) is 6.78. The molecule has 0 fully saturated rings. The number of nitrogens with one attached hydrogen (secondary N) is 1. The van der Waals surface area contributed by atoms with Crippen LogP contribution in [0.2, 0.25) is 0 Å². The SMILES string of the molecule is COCCNc1c(-c2cccn2-c2cccnc2)nc2ccccn12. The molecule has 6 heteroatoms. The Balaban J connectivity index is 1.84. The van der Waals surface area contributed by atoms with E-state index in [1.165, 1.54) is 0 Å². The molecular weight excluding hydrogens is 314 g/mol. The summed E-state index contributed by atoms with van der Waals surface area (Å²) < 4.78 is 9.32. The molecule has 1 N–H and O–H groups in total. The minimum absolute atomic E-state index is 0.628. The zero-order chi connectivity index (χ0) is 17.1. The smallest absolute Gasteiger partial charge is 0.140 e. The number of hydrogen-bond acceptors (Lipinski definition) is 4. The maximum Gasteiger partial charge on any atom is 0.140 e. The van der Waals surface area contributed by atoms with Crippen LogP contribution in [-0.4, -0.2) is 39.2 Å². The van der Waals surface area contributed by atoms with Crippen LogP contribution in [-0.2, 0) is 4.74 Å². The van der Waals surface area contributed by atoms with Gasteiger partial charge in [-0.3, -0.25) is 9.38 Å². The topological polar surface area (TPSA) is 56.4 Å². The second-order valence-corrected chi connectivity index (χ2v) is 5.63. The molecule has 0 bridgehead atoms. The number of nitrogens with zero attached hydrogens (tertiary/aromatic N) is 4. The van der Waals surface area contributed by atoms with Crippen LogP contribution in [0.25, 0.3) is 22.7 Å². The molecule has 4 rings (SSSR count). The van der Waals surface area contributed by atoms with Gasteiger partial charge in [-0.15, -0.1) is 0 Å². The molecule has 0 spiro atoms. The highest BCUT2D eigenvalue weighted by Crippen LogP contribution is 2.30. The third kappa shape index (κ3) is 2.88. The summed E-state index contributed by atoms with van der Waals surface area (Å²) in [6.45, 7) is 1.34. The van der Waals surface area contributed by atoms with Crippen molar-refractivity contribution in [1.82, 2.24) is 18.9 Å². The molecule has 0 saturated heterocycles. The molecule has 126 valence electrons. The van der Waals surface area contributed by atoms with E-state index in [2.05, 4.69) is 25.3 Å². The highest BCUT2D eigenvalue weighted by molar-refractivity contribution is 5.76. The lowest BCUT2D eigenvalue weighted by molar-refractivity contribution is 0.210. The van der Waals surface area contributed by atoms with Crippen LogP contribution < -0.4 is 5.32 Å². The Morgan fingerprint density at radius 1 is 1.08 bits per heavy atom. The van der Waals surface area contributed by atoms with Gasteiger partial charge in [0.2, 0.25) is 0 Å². The molecule has 0 atom stereocenters. The van der Waals surface area contributed by atoms with Crippen LogP contribution in [0, 0.1) is 0 Å². The summed E-state index contributed by atoms with van der Waals surface area (Å²) in [5, 5.41) is 3.45. The highest BCUT2D eigenvalue weighted by atomic mass is 16.5. The van der Waals surface area contributed by atoms with E-state index in [0.717, 1.165) is 28.5 Å². The quantitative estimate of drug-likeness (QED) is 0.550. The number of aromatic nitrogens is 4. The number of anilines is 1. The molecule has 0 aliphatic rings. The predicted octanol–water partition coefficient (Wildman–Crippen LogP) is 3.25. The Kier molecular flexibility index (Phi) is 4.18. The zero-order valence-corrected chi connectivity index (χ0v) is 14.0. The van der Waals surface area contributed by atoms with E-state index in [-0.39, 0.29) is 0 Å². The summed E-state index contributed by atoms with van der Waals surface area (Å²) in [6.07, 6.45) is 7.65. The van der Waals surface area contributed by atoms with E-state index in [4.69, 9.17) is 9.72 Å². The third-order valence-electron chi connectivity index (χ3n) is 4.04. The molecule has 4 aromatic heterocycles. The van der Waals surface area contributed by atoms with E-state index < -0.39 is 0 Å². The van der Waals surface area contributed by atoms with E-state index in [1.54, 1.807) is 13.3 Å². The molecule has 0 saturated carbocycles. The van der Waals surface area contributed by atoms with Crippen LogP contribution >= 0.6 is 0 Å². The molecular formula is C19H19N5O. The van der Waals surface area contributed by atoms with Gasteiger partial charge >= 0.3 is 0 Å². The first-order valence-electron chi connectivity index (χ1n) is 8.16. The zero-order valence-electron chi connectivity index (χ0n) is 14.0. The Hall–Kier alpha value is -3.12. The van der Waals surface area contributed by atoms with E-state index in [9.17, 15) is 0 Å². The molecule has 0 amide bonds. The Morgan fingerprint density at radius 3 is 2.88 bits per heavy atom. The summed E-state index contributed by atoms with van der Waals surface area (Å²) in [4.78, 5) is 9.06. The number of methoxy groups -OCH3 is 1. The average molecular weight is 333 g/mol. The van der Waals surface area contributed by atoms with Crippen LogP contribution in [0.3, 0.4) is 0 Å². The maximum atomic E-state index is 5.17. The molecule has 4 aromatic rings. The van der Waals surface area contributed by atoms with Crippen molar-refractivity contribution in [3.63, 3.8) is 0 Å². The first-order chi connectivity index (χ1) is 12.4. The largest absolute Gasteiger partial charge is 0.383 e. The fourth-order valence-corrected chi connectivity index (χ4v) is 2.91. The molecule has 0 aliphatic heterocycles. The van der Waals surface area contributed by atoms with E-state index in [0.29, 0.717) is 13.2 Å². The van der Waals surface area contributed by atoms with Crippen LogP contribution in [0.4, 0.5) is 5.82 Å². The van der Waals surface area contributed by atoms with Crippen molar-refractivity contribution < 1.29 is 4.74 Å². The minimum Gasteiger partial charge on any atom is -0.383 e. The maximum absolute atomic E-state index is 5.17. The summed E-state index contributed by atoms with van der Waals surface area (Å²) in [5.74, 6) is 0.955. The van der Waals surface area contributed by atoms with Gasteiger partial charge < -0.3 is 14.6 Å². The lowest BCUT2D eigenvalue weighted by Crippen LogP contribution is -2.10. The number of hydrogen-bond donors (Lipinski definition) is 1. The molecule has 0 aromatic carbocycles. The molecule has 25 heavy (non-hydrogen) atoms. The third-order valence-corrected chi connectivity index (χ3v) is 4.04. The first kappa shape index (κ1) is 15.4. The minimum atomic E-state index is 0.628. The van der Waals surface area contributed by atoms with Gasteiger partial charge in [-0.25, -0.2) is 4.98 Å². The Labute approximate surface area is 145 Å². The van der Waals surface area contributed by atoms with E-state index in [1.807, 2.05) is 55.0 Å². The molecule has 4 heterocycles. The summed E-state index contributed by atoms with van der Waals surface area (Å²) in [6, 6.07) is 14.0. The monoisotopic (exact) mass is 333 g/mol. The fraction of sp³-hybridized carbons (Fsp3) is 0.158. The fourth-order valence-electron chi connectivity index (χ4n) is 2.91. The van der Waals surface area contributed by atoms with Gasteiger partial charge in [0.25, 0.3) is 0 Å². The molecule has 6 nitrogen and oxygen atoms in total. The van der Waals surface area contributed by atoms with Gasteiger partial charge in [-0.1, -0.05) is 6.07 Å². The van der Waals surface area contributed by atoms with Crippen molar-refractivity contribution in [2.24, 2.45) is 0 Å². The normalized spacial score (nSPS) is 11.1. The van der Waals surface area contributed by atoms with Gasteiger partial charge in [0.15, 0.2) is 0 Å². The summed E-state index contributed by atoms with van der Waals surface area (Å²) in [7, 11) is 1.70. The highest BCUT2D eigenvalue weighted by Gasteiger charge is 2.17. The van der Waals surface area contributed by atoms with Gasteiger partial charge in [0, 0.05) is 32.2 Å². The van der Waals surface area contributed by atoms with Crippen molar-refractivity contribution in [1.29, 1.82) is 0 Å². The summed E-state index contributed by atoms with van der Waals surface area (Å²) >= 11 is 0. The van der Waals surface area contributed by atoms with Gasteiger partial charge in [0.1, 0.15) is 17.2 Å². The number of ether oxygens (including phenoxy) is 1. The van der Waals surface area contributed by atoms with Crippen molar-refractivity contribution in [3.8, 4) is 17.1 Å². The first-order valence-corrected chi connectivity index (χ1v) is 8.16. The lowest BCUT2D eigenvalue weighted by atomic mass is 10.3. The standard InChI is InChI=1S/C19H19N5O/c1-25-13-10-21-19-18(22-17-8-2-3-11-24(17)19)16-7-5-12-23(16)15-6-4-9-20-14-15/h2-9,11-12,14,21H,10,13H2,1H3. The van der Waals surface area contributed by atoms with Crippen LogP contribution in [0.1, 0.15) is 0 Å². The lowest BCUT2D eigenvalue weighted by Gasteiger charge is -2.11. The van der Waals surface area contributed by atoms with Crippen LogP contribution in [0.15, 0.2) is 67.3 Å². The molecule has 0 radical (unpaired) electrons. The van der Waals surface area contributed by atoms with Crippen molar-refractivity contribution >= 4 is 11.5 Å². The number of pyridine rings is 2. The summed E-state index contributed by atoms with van der Waals surface area (Å²) in [5.41, 5.74) is 3.81. The van der Waals surface area contributed by atoms with E-state index >= 15 is 0 Å². The number of rotatable bonds is 6. The van der Waals surface area contributed by atoms with Gasteiger partial charge in [-0.05, 0) is 36.4 Å². The number of imidazole rings is 1. The van der Waals surface area contributed by atoms with Gasteiger partial charge in [0.05, 0.1) is 24.2 Å². The van der Waals surface area contributed by atoms with Crippen molar-refractivity contribution in [2.75, 3.05) is 25.6 Å². The number of fused-ring (bicyclic) bond motifs is 1. The van der Waals surface area contributed by atoms with Crippen molar-refractivity contribution in [3.05, 3.63) is 67.3 Å². The van der Waals surface area contributed by atoms with Gasteiger partial charge in [-0.2, -0.15) is 0 Å². The Morgan fingerprint density at radius 2 is 2.04 bits per heavy atom. The second-order valence-electron chi connectivity index (χ2n) is 5.63. The predicted molar refractivity (Wildman–Crippen MR) is 98.1 cm³/mol. The molecule has 0 aliphatic carbocycles. The average Bonchev–Trinajstić information content (AvgIpc) is 3.27. The molecule has 0 unspecified atom stereocenters.